The highest BCUT2D eigenvalue weighted by Crippen LogP contribution is 2.54. The molecule has 2 aliphatic rings. The van der Waals surface area contributed by atoms with Crippen molar-refractivity contribution in [3.8, 4) is 5.75 Å². The zero-order valence-electron chi connectivity index (χ0n) is 25.3. The molecule has 15 heteroatoms. The monoisotopic (exact) mass is 697 g/mol. The fraction of sp³-hybridized carbons (Fsp3) is 0.242. The predicted octanol–water partition coefficient (Wildman–Crippen LogP) is 5.55. The van der Waals surface area contributed by atoms with Crippen molar-refractivity contribution in [1.29, 1.82) is 0 Å². The molecule has 0 saturated carbocycles. The molecule has 3 heterocycles. The maximum atomic E-state index is 14.1. The van der Waals surface area contributed by atoms with Crippen molar-refractivity contribution in [3.05, 3.63) is 104 Å². The smallest absolute Gasteiger partial charge is 0.418 e. The summed E-state index contributed by atoms with van der Waals surface area (Å²) in [6.07, 6.45) is -4.72. The van der Waals surface area contributed by atoms with Gasteiger partial charge in [-0.05, 0) is 61.0 Å². The van der Waals surface area contributed by atoms with Crippen LogP contribution >= 0.6 is 23.1 Å². The van der Waals surface area contributed by atoms with Crippen LogP contribution in [0, 0.1) is 5.92 Å². The van der Waals surface area contributed by atoms with Crippen molar-refractivity contribution < 1.29 is 41.8 Å². The number of fused-ring (bicyclic) bond motifs is 2. The van der Waals surface area contributed by atoms with E-state index in [0.717, 1.165) is 44.7 Å². The predicted molar refractivity (Wildman–Crippen MR) is 172 cm³/mol. The number of hydrogen-bond donors (Lipinski definition) is 1. The van der Waals surface area contributed by atoms with Gasteiger partial charge in [0.15, 0.2) is 0 Å². The Labute approximate surface area is 279 Å². The third kappa shape index (κ3) is 5.99. The number of ether oxygens (including phenoxy) is 2. The first-order valence-corrected chi connectivity index (χ1v) is 16.3. The van der Waals surface area contributed by atoms with Gasteiger partial charge in [0.05, 0.1) is 47.2 Å². The quantitative estimate of drug-likeness (QED) is 0.188. The van der Waals surface area contributed by atoms with Crippen molar-refractivity contribution >= 4 is 58.2 Å². The number of rotatable bonds is 8. The van der Waals surface area contributed by atoms with Crippen molar-refractivity contribution in [2.24, 2.45) is 5.92 Å². The van der Waals surface area contributed by atoms with E-state index in [1.165, 1.54) is 43.5 Å². The molecule has 48 heavy (non-hydrogen) atoms. The van der Waals surface area contributed by atoms with Crippen molar-refractivity contribution in [2.75, 3.05) is 23.9 Å². The van der Waals surface area contributed by atoms with Gasteiger partial charge in [-0.1, -0.05) is 47.4 Å². The van der Waals surface area contributed by atoms with E-state index in [1.54, 1.807) is 31.2 Å². The lowest BCUT2D eigenvalue weighted by Gasteiger charge is -2.30. The van der Waals surface area contributed by atoms with Crippen molar-refractivity contribution in [3.63, 3.8) is 0 Å². The summed E-state index contributed by atoms with van der Waals surface area (Å²) >= 11 is 1.77. The van der Waals surface area contributed by atoms with Gasteiger partial charge in [-0.25, -0.2) is 9.69 Å². The summed E-state index contributed by atoms with van der Waals surface area (Å²) in [5.41, 5.74) is -0.405. The Balaban J connectivity index is 1.37. The lowest BCUT2D eigenvalue weighted by atomic mass is 9.83. The van der Waals surface area contributed by atoms with Gasteiger partial charge < -0.3 is 14.8 Å². The second kappa shape index (κ2) is 13.0. The fourth-order valence-corrected chi connectivity index (χ4v) is 8.59. The molecule has 3 amide bonds. The van der Waals surface area contributed by atoms with E-state index >= 15 is 0 Å². The Bertz CT molecular complexity index is 1970. The number of methoxy groups -OCH3 is 1. The van der Waals surface area contributed by atoms with Crippen molar-refractivity contribution in [2.45, 2.75) is 35.8 Å². The Hall–Kier alpha value is -4.89. The molecule has 3 atom stereocenters. The van der Waals surface area contributed by atoms with Crippen molar-refractivity contribution in [1.82, 2.24) is 4.57 Å². The Morgan fingerprint density at radius 1 is 0.938 bits per heavy atom. The molecule has 0 radical (unpaired) electrons. The van der Waals surface area contributed by atoms with Crippen LogP contribution in [0.15, 0.2) is 82.6 Å². The third-order valence-corrected chi connectivity index (χ3v) is 10.6. The molecular weight excluding hydrogens is 672 g/mol. The maximum Gasteiger partial charge on any atom is 0.418 e. The molecule has 2 aliphatic heterocycles. The third-order valence-electron chi connectivity index (χ3n) is 7.97. The summed E-state index contributed by atoms with van der Waals surface area (Å²) in [6, 6.07) is 17.2. The van der Waals surface area contributed by atoms with Crippen LogP contribution in [0.25, 0.3) is 0 Å². The molecule has 0 aliphatic carbocycles. The van der Waals surface area contributed by atoms with Crippen LogP contribution in [0.5, 0.6) is 5.75 Å². The Morgan fingerprint density at radius 2 is 1.62 bits per heavy atom. The minimum Gasteiger partial charge on any atom is -0.497 e. The van der Waals surface area contributed by atoms with E-state index in [2.05, 4.69) is 5.32 Å². The standard InChI is InChI=1S/C33H26F3N3O7S2/c1-3-46-31(43)18-8-12-19(13-9-18)39-28(41)25-24(17-10-14-20(45-2)15-11-17)27-30(47-26(25)29(39)42)38(32(44)48-27)16-23(40)37-22-7-5-4-6-21(22)33(34,35)36/h4-15,24-26H,3,16H2,1-2H3,(H,37,40)/t24-,25-,26+/m0/s1. The SMILES string of the molecule is CCOC(=O)c1ccc(N2C(=O)[C@H]3[C@H](c4ccc(OC)cc4)c4sc(=O)n(CC(=O)Nc5ccccc5C(F)(F)F)c4S[C@H]3C2=O)cc1. The second-order valence-corrected chi connectivity index (χ2v) is 12.9. The second-order valence-electron chi connectivity index (χ2n) is 10.8. The summed E-state index contributed by atoms with van der Waals surface area (Å²) in [5.74, 6) is -3.68. The average molecular weight is 698 g/mol. The molecule has 1 N–H and O–H groups in total. The van der Waals surface area contributed by atoms with Gasteiger partial charge in [-0.3, -0.25) is 23.7 Å². The number of aromatic nitrogens is 1. The summed E-state index contributed by atoms with van der Waals surface area (Å²) in [7, 11) is 1.49. The number of esters is 1. The molecule has 0 spiro atoms. The molecule has 0 unspecified atom stereocenters. The van der Waals surface area contributed by atoms with E-state index in [-0.39, 0.29) is 22.9 Å². The summed E-state index contributed by atoms with van der Waals surface area (Å²) < 4.78 is 52.1. The molecule has 1 saturated heterocycles. The first-order valence-electron chi connectivity index (χ1n) is 14.6. The van der Waals surface area contributed by atoms with E-state index in [1.807, 2.05) is 0 Å². The number of nitrogens with zero attached hydrogens (tertiary/aromatic N) is 2. The van der Waals surface area contributed by atoms with Crippen LogP contribution in [0.2, 0.25) is 0 Å². The molecule has 10 nitrogen and oxygen atoms in total. The van der Waals surface area contributed by atoms with Crippen LogP contribution in [-0.4, -0.2) is 47.2 Å². The maximum absolute atomic E-state index is 14.1. The number of amides is 3. The summed E-state index contributed by atoms with van der Waals surface area (Å²) in [6.45, 7) is 1.22. The van der Waals surface area contributed by atoms with Gasteiger partial charge in [0, 0.05) is 10.8 Å². The van der Waals surface area contributed by atoms with E-state index in [0.29, 0.717) is 16.2 Å². The molecule has 6 rings (SSSR count). The number of benzene rings is 3. The molecule has 248 valence electrons. The highest BCUT2D eigenvalue weighted by Gasteiger charge is 2.57. The first-order chi connectivity index (χ1) is 22.9. The number of alkyl halides is 3. The van der Waals surface area contributed by atoms with Crippen LogP contribution in [0.4, 0.5) is 24.5 Å². The van der Waals surface area contributed by atoms with Gasteiger partial charge >= 0.3 is 17.0 Å². The van der Waals surface area contributed by atoms with Crippen LogP contribution in [0.1, 0.15) is 39.2 Å². The summed E-state index contributed by atoms with van der Waals surface area (Å²) in [4.78, 5) is 67.6. The lowest BCUT2D eigenvalue weighted by molar-refractivity contribution is -0.137. The van der Waals surface area contributed by atoms with E-state index in [9.17, 15) is 37.1 Å². The molecular formula is C33H26F3N3O7S2. The van der Waals surface area contributed by atoms with Gasteiger partial charge in [0.25, 0.3) is 0 Å². The highest BCUT2D eigenvalue weighted by atomic mass is 32.2. The number of imide groups is 1. The molecule has 1 fully saturated rings. The van der Waals surface area contributed by atoms with Crippen LogP contribution < -0.4 is 19.8 Å². The number of carbonyl (C=O) groups excluding carboxylic acids is 4. The number of nitrogens with one attached hydrogen (secondary N) is 1. The van der Waals surface area contributed by atoms with Gasteiger partial charge in [0.1, 0.15) is 17.5 Å². The minimum absolute atomic E-state index is 0.175. The van der Waals surface area contributed by atoms with E-state index < -0.39 is 69.6 Å². The number of thioether (sulfide) groups is 1. The summed E-state index contributed by atoms with van der Waals surface area (Å²) in [5, 5.41) is 1.52. The molecule has 1 aromatic heterocycles. The number of halogens is 3. The van der Waals surface area contributed by atoms with Gasteiger partial charge in [-0.15, -0.1) is 0 Å². The lowest BCUT2D eigenvalue weighted by Crippen LogP contribution is -2.33. The zero-order chi connectivity index (χ0) is 34.3. The van der Waals surface area contributed by atoms with E-state index in [4.69, 9.17) is 9.47 Å². The number of thiazole rings is 1. The average Bonchev–Trinajstić information content (AvgIpc) is 3.50. The topological polar surface area (TPSA) is 124 Å². The normalized spacial score (nSPS) is 18.7. The molecule has 3 aromatic carbocycles. The van der Waals surface area contributed by atoms with Crippen LogP contribution in [0.3, 0.4) is 0 Å². The first kappa shape index (κ1) is 33.0. The molecule has 0 bridgehead atoms. The Morgan fingerprint density at radius 3 is 2.27 bits per heavy atom. The largest absolute Gasteiger partial charge is 0.497 e. The minimum atomic E-state index is -4.72. The highest BCUT2D eigenvalue weighted by molar-refractivity contribution is 8.00. The fourth-order valence-electron chi connectivity index (χ4n) is 5.81. The van der Waals surface area contributed by atoms with Gasteiger partial charge in [0.2, 0.25) is 17.7 Å². The number of hydrogen-bond acceptors (Lipinski definition) is 9. The Kier molecular flexibility index (Phi) is 8.92. The number of anilines is 2. The zero-order valence-corrected chi connectivity index (χ0v) is 26.9. The molecule has 4 aromatic rings. The number of carbonyl (C=O) groups is 4. The van der Waals surface area contributed by atoms with Crippen LogP contribution in [-0.2, 0) is 31.8 Å². The number of para-hydroxylation sites is 1. The van der Waals surface area contributed by atoms with Gasteiger partial charge in [-0.2, -0.15) is 13.2 Å².